The second kappa shape index (κ2) is 13.7. The number of piperazine rings is 1. The van der Waals surface area contributed by atoms with E-state index in [4.69, 9.17) is 9.47 Å². The maximum absolute atomic E-state index is 13.6. The monoisotopic (exact) mass is 635 g/mol. The Kier molecular flexibility index (Phi) is 9.77. The van der Waals surface area contributed by atoms with Crippen molar-refractivity contribution in [2.45, 2.75) is 39.0 Å². The summed E-state index contributed by atoms with van der Waals surface area (Å²) in [7, 11) is 3.64. The number of carbonyl (C=O) groups is 3. The van der Waals surface area contributed by atoms with Gasteiger partial charge in [-0.05, 0) is 0 Å². The van der Waals surface area contributed by atoms with Crippen molar-refractivity contribution in [3.05, 3.63) is 77.0 Å². The number of anilines is 1. The summed E-state index contributed by atoms with van der Waals surface area (Å²) in [5.41, 5.74) is 3.87. The van der Waals surface area contributed by atoms with E-state index in [-0.39, 0.29) is 30.2 Å². The van der Waals surface area contributed by atoms with Crippen LogP contribution in [-0.4, -0.2) is 98.8 Å². The zero-order valence-corrected chi connectivity index (χ0v) is 26.5. The van der Waals surface area contributed by atoms with E-state index in [1.165, 1.54) is 11.8 Å². The number of methoxy groups -OCH3 is 1. The van der Waals surface area contributed by atoms with Gasteiger partial charge in [-0.1, -0.05) is 0 Å². The van der Waals surface area contributed by atoms with Gasteiger partial charge in [-0.2, -0.15) is 0 Å². The number of carbonyl (C=O) groups excluding carboxylic acids is 3. The van der Waals surface area contributed by atoms with Crippen LogP contribution < -0.4 is 9.38 Å². The number of ether oxygens (including phenoxy) is 2. The molecule has 1 amide bonds. The summed E-state index contributed by atoms with van der Waals surface area (Å²) in [5.74, 6) is -0.206. The fourth-order valence-corrected chi connectivity index (χ4v) is 7.46. The van der Waals surface area contributed by atoms with Gasteiger partial charge in [0.25, 0.3) is 0 Å². The Morgan fingerprint density at radius 3 is 2.36 bits per heavy atom. The van der Waals surface area contributed by atoms with Crippen LogP contribution in [-0.2, 0) is 27.4 Å². The molecule has 222 valence electrons. The molecule has 3 aromatic rings. The molecule has 2 aromatic carbocycles. The molecule has 1 aromatic heterocycles. The molecule has 0 aliphatic carbocycles. The number of rotatable bonds is 10. The first kappa shape index (κ1) is 30.0. The fraction of sp³-hybridized carbons (Fsp3) is 0.419. The fourth-order valence-electron chi connectivity index (χ4n) is 5.25. The average molecular weight is 636 g/mol. The van der Waals surface area contributed by atoms with Crippen molar-refractivity contribution in [2.24, 2.45) is 0 Å². The van der Waals surface area contributed by atoms with E-state index in [9.17, 15) is 14.4 Å². The number of benzene rings is 2. The number of unbranched alkanes of at least 4 members (excludes halogenated alkanes) is 1. The molecule has 11 heteroatoms. The van der Waals surface area contributed by atoms with E-state index in [0.29, 0.717) is 15.7 Å². The van der Waals surface area contributed by atoms with Crippen LogP contribution in [0.1, 0.15) is 53.0 Å². The van der Waals surface area contributed by atoms with Crippen molar-refractivity contribution in [3.63, 3.8) is 0 Å². The van der Waals surface area contributed by atoms with Crippen LogP contribution in [0.5, 0.6) is 0 Å². The van der Waals surface area contributed by atoms with Crippen molar-refractivity contribution in [1.82, 2.24) is 19.6 Å². The van der Waals surface area contributed by atoms with Crippen LogP contribution >= 0.6 is 0 Å². The van der Waals surface area contributed by atoms with Gasteiger partial charge >= 0.3 is 254 Å². The van der Waals surface area contributed by atoms with Crippen LogP contribution in [0.4, 0.5) is 10.5 Å². The van der Waals surface area contributed by atoms with Crippen molar-refractivity contribution in [2.75, 3.05) is 51.8 Å². The molecule has 0 spiro atoms. The van der Waals surface area contributed by atoms with Gasteiger partial charge in [-0.3, -0.25) is 0 Å². The van der Waals surface area contributed by atoms with E-state index < -0.39 is 27.9 Å². The Morgan fingerprint density at radius 2 is 1.69 bits per heavy atom. The first-order chi connectivity index (χ1) is 20.4. The third-order valence-corrected chi connectivity index (χ3v) is 10.2. The van der Waals surface area contributed by atoms with Gasteiger partial charge in [0.15, 0.2) is 0 Å². The molecule has 2 atom stereocenters. The molecule has 0 bridgehead atoms. The van der Waals surface area contributed by atoms with Crippen molar-refractivity contribution in [3.8, 4) is 0 Å². The van der Waals surface area contributed by atoms with Crippen molar-refractivity contribution >= 4 is 42.5 Å². The summed E-state index contributed by atoms with van der Waals surface area (Å²) >= 11 is -1.42. The van der Waals surface area contributed by atoms with Gasteiger partial charge in [0, 0.05) is 0 Å². The molecule has 2 aliphatic heterocycles. The van der Waals surface area contributed by atoms with E-state index in [2.05, 4.69) is 21.9 Å². The predicted octanol–water partition coefficient (Wildman–Crippen LogP) is 2.55. The maximum atomic E-state index is 13.6. The molecular formula is C31H38AsN5O5. The van der Waals surface area contributed by atoms with Crippen molar-refractivity contribution < 1.29 is 23.9 Å². The molecule has 2 aliphatic rings. The zero-order valence-electron chi connectivity index (χ0n) is 24.4. The van der Waals surface area contributed by atoms with E-state index >= 15 is 0 Å². The molecule has 2 unspecified atom stereocenters. The Labute approximate surface area is 253 Å². The van der Waals surface area contributed by atoms with E-state index in [1.54, 1.807) is 4.90 Å². The van der Waals surface area contributed by atoms with Gasteiger partial charge in [0.05, 0.1) is 0 Å². The van der Waals surface area contributed by atoms with Crippen LogP contribution in [0.15, 0.2) is 54.6 Å². The first-order valence-electron chi connectivity index (χ1n) is 14.4. The number of amides is 1. The van der Waals surface area contributed by atoms with Crippen LogP contribution in [0, 0.1) is 0 Å². The van der Waals surface area contributed by atoms with Gasteiger partial charge < -0.3 is 0 Å². The summed E-state index contributed by atoms with van der Waals surface area (Å²) in [6, 6.07) is 17.1. The number of nitrogens with zero attached hydrogens (tertiary/aromatic N) is 5. The third-order valence-electron chi connectivity index (χ3n) is 7.78. The standard InChI is InChI=1S/C31H38AsN5O5/c1-4-5-19-42-31(40)37-26-21-36(30(39)27(41-3)22-9-7-6-8-10-22)20-25(26)28(33-37)32-29(38)23-11-13-24(14-12-23)35-17-15-34(2)16-18-35/h6-14,27,32H,4-5,15-21H2,1-3H3. The first-order valence-corrected chi connectivity index (χ1v) is 16.5. The van der Waals surface area contributed by atoms with E-state index in [0.717, 1.165) is 55.8 Å². The summed E-state index contributed by atoms with van der Waals surface area (Å²) in [5, 5.41) is 4.59. The molecule has 1 fully saturated rings. The second-order valence-corrected chi connectivity index (χ2v) is 13.1. The second-order valence-electron chi connectivity index (χ2n) is 10.7. The molecule has 3 heterocycles. The summed E-state index contributed by atoms with van der Waals surface area (Å²) in [6.07, 6.45) is 0.287. The Morgan fingerprint density at radius 1 is 0.976 bits per heavy atom. The number of fused-ring (bicyclic) bond motifs is 1. The van der Waals surface area contributed by atoms with Crippen LogP contribution in [0.3, 0.4) is 0 Å². The molecule has 0 saturated carbocycles. The topological polar surface area (TPSA) is 97.2 Å². The molecule has 0 N–H and O–H groups in total. The quantitative estimate of drug-likeness (QED) is 0.248. The average Bonchev–Trinajstić information content (AvgIpc) is 3.59. The van der Waals surface area contributed by atoms with Gasteiger partial charge in [0.2, 0.25) is 0 Å². The zero-order chi connectivity index (χ0) is 29.6. The molecular weight excluding hydrogens is 597 g/mol. The van der Waals surface area contributed by atoms with Crippen LogP contribution in [0.25, 0.3) is 0 Å². The summed E-state index contributed by atoms with van der Waals surface area (Å²) in [6.45, 7) is 6.70. The number of aromatic nitrogens is 2. The van der Waals surface area contributed by atoms with Gasteiger partial charge in [0.1, 0.15) is 0 Å². The molecule has 1 saturated heterocycles. The number of hydrogen-bond donors (Lipinski definition) is 0. The molecule has 0 radical (unpaired) electrons. The van der Waals surface area contributed by atoms with Gasteiger partial charge in [-0.15, -0.1) is 0 Å². The molecule has 5 rings (SSSR count). The molecule has 10 nitrogen and oxygen atoms in total. The van der Waals surface area contributed by atoms with Crippen LogP contribution in [0.2, 0.25) is 0 Å². The Hall–Kier alpha value is -3.46. The Bertz CT molecular complexity index is 1400. The summed E-state index contributed by atoms with van der Waals surface area (Å²) in [4.78, 5) is 46.3. The van der Waals surface area contributed by atoms with Gasteiger partial charge in [-0.25, -0.2) is 0 Å². The third kappa shape index (κ3) is 6.61. The normalized spacial score (nSPS) is 16.2. The SMILES string of the molecule is CCCCOC(=O)n1nc([AsH]C(=O)c2ccc(N3CCN(C)CC3)cc2)c2c1CN(C(=O)C(OC)c1ccccc1)C2. The number of hydrogen-bond acceptors (Lipinski definition) is 8. The minimum absolute atomic E-state index is 0.0237. The predicted molar refractivity (Wildman–Crippen MR) is 162 cm³/mol. The summed E-state index contributed by atoms with van der Waals surface area (Å²) < 4.78 is 12.9. The molecule has 42 heavy (non-hydrogen) atoms. The number of likely N-dealkylation sites (N-methyl/N-ethyl adjacent to an activating group) is 1. The van der Waals surface area contributed by atoms with E-state index in [1.807, 2.05) is 61.5 Å². The van der Waals surface area contributed by atoms with Crippen molar-refractivity contribution in [1.29, 1.82) is 0 Å². The minimum atomic E-state index is -1.42. The Balaban J connectivity index is 1.35.